The zero-order valence-electron chi connectivity index (χ0n) is 11.7. The summed E-state index contributed by atoms with van der Waals surface area (Å²) in [6, 6.07) is 10.1. The molecule has 6 heteroatoms. The molecule has 0 bridgehead atoms. The monoisotopic (exact) mass is 334 g/mol. The van der Waals surface area contributed by atoms with Gasteiger partial charge in [-0.2, -0.15) is 0 Å². The van der Waals surface area contributed by atoms with E-state index in [9.17, 15) is 4.79 Å². The fraction of sp³-hybridized carbons (Fsp3) is 0.125. The molecule has 112 valence electrons. The molecule has 2 heterocycles. The number of aryl methyl sites for hydroxylation is 1. The van der Waals surface area contributed by atoms with E-state index in [-0.39, 0.29) is 12.2 Å². The molecule has 0 aliphatic heterocycles. The molecule has 1 aromatic carbocycles. The summed E-state index contributed by atoms with van der Waals surface area (Å²) in [6.45, 7) is 2.04. The second-order valence-electron chi connectivity index (χ2n) is 4.83. The summed E-state index contributed by atoms with van der Waals surface area (Å²) in [5, 5.41) is 0.986. The lowest BCUT2D eigenvalue weighted by Gasteiger charge is -2.09. The van der Waals surface area contributed by atoms with Gasteiger partial charge in [0.2, 0.25) is 0 Å². The van der Waals surface area contributed by atoms with E-state index in [0.29, 0.717) is 27.1 Å². The standard InChI is InChI=1S/C16H12Cl2N2O2/c1-10-3-2-6-20-15(21)8-12(19-16(10)20)9-22-14-7-11(17)4-5-13(14)18/h2-8H,9H2,1H3. The molecule has 3 rings (SSSR count). The third-order valence-electron chi connectivity index (χ3n) is 3.21. The van der Waals surface area contributed by atoms with Crippen molar-refractivity contribution in [2.24, 2.45) is 0 Å². The third-order valence-corrected chi connectivity index (χ3v) is 3.76. The Morgan fingerprint density at radius 1 is 1.23 bits per heavy atom. The first-order valence-corrected chi connectivity index (χ1v) is 7.36. The van der Waals surface area contributed by atoms with Gasteiger partial charge in [-0.1, -0.05) is 29.3 Å². The molecular formula is C16H12Cl2N2O2. The lowest BCUT2D eigenvalue weighted by molar-refractivity contribution is 0.301. The maximum Gasteiger partial charge on any atom is 0.258 e. The number of ether oxygens (including phenoxy) is 1. The van der Waals surface area contributed by atoms with Gasteiger partial charge < -0.3 is 4.74 Å². The Labute approximate surface area is 136 Å². The van der Waals surface area contributed by atoms with Crippen molar-refractivity contribution in [1.82, 2.24) is 9.38 Å². The average molecular weight is 335 g/mol. The molecule has 0 radical (unpaired) electrons. The molecule has 0 spiro atoms. The maximum atomic E-state index is 12.1. The van der Waals surface area contributed by atoms with Crippen LogP contribution in [0.5, 0.6) is 5.75 Å². The quantitative estimate of drug-likeness (QED) is 0.729. The Morgan fingerprint density at radius 3 is 2.86 bits per heavy atom. The number of nitrogens with zero attached hydrogens (tertiary/aromatic N) is 2. The van der Waals surface area contributed by atoms with Crippen LogP contribution in [0.2, 0.25) is 10.0 Å². The minimum atomic E-state index is -0.149. The maximum absolute atomic E-state index is 12.1. The highest BCUT2D eigenvalue weighted by Gasteiger charge is 2.07. The van der Waals surface area contributed by atoms with Gasteiger partial charge in [-0.25, -0.2) is 4.98 Å². The molecule has 0 aliphatic rings. The van der Waals surface area contributed by atoms with Crippen LogP contribution < -0.4 is 10.3 Å². The Morgan fingerprint density at radius 2 is 2.05 bits per heavy atom. The smallest absolute Gasteiger partial charge is 0.258 e. The highest BCUT2D eigenvalue weighted by atomic mass is 35.5. The van der Waals surface area contributed by atoms with E-state index in [1.807, 2.05) is 19.1 Å². The fourth-order valence-electron chi connectivity index (χ4n) is 2.12. The average Bonchev–Trinajstić information content (AvgIpc) is 2.49. The van der Waals surface area contributed by atoms with Crippen LogP contribution in [0.1, 0.15) is 11.3 Å². The minimum Gasteiger partial charge on any atom is -0.486 e. The van der Waals surface area contributed by atoms with Crippen LogP contribution in [-0.4, -0.2) is 9.38 Å². The summed E-state index contributed by atoms with van der Waals surface area (Å²) in [5.41, 5.74) is 1.92. The molecule has 0 amide bonds. The number of rotatable bonds is 3. The number of benzene rings is 1. The van der Waals surface area contributed by atoms with E-state index in [1.54, 1.807) is 24.4 Å². The van der Waals surface area contributed by atoms with E-state index in [0.717, 1.165) is 5.56 Å². The number of hydrogen-bond acceptors (Lipinski definition) is 3. The Kier molecular flexibility index (Phi) is 4.05. The van der Waals surface area contributed by atoms with Gasteiger partial charge in [-0.05, 0) is 30.7 Å². The SMILES string of the molecule is Cc1cccn2c(=O)cc(COc3cc(Cl)ccc3Cl)nc12. The molecular weight excluding hydrogens is 323 g/mol. The zero-order valence-corrected chi connectivity index (χ0v) is 13.2. The highest BCUT2D eigenvalue weighted by Crippen LogP contribution is 2.28. The van der Waals surface area contributed by atoms with Gasteiger partial charge in [0.25, 0.3) is 5.56 Å². The summed E-state index contributed by atoms with van der Waals surface area (Å²) in [5.74, 6) is 0.459. The van der Waals surface area contributed by atoms with E-state index in [2.05, 4.69) is 4.98 Å². The minimum absolute atomic E-state index is 0.139. The summed E-state index contributed by atoms with van der Waals surface area (Å²) >= 11 is 12.0. The molecule has 22 heavy (non-hydrogen) atoms. The van der Waals surface area contributed by atoms with Crippen molar-refractivity contribution in [2.45, 2.75) is 13.5 Å². The second-order valence-corrected chi connectivity index (χ2v) is 5.68. The molecule has 0 unspecified atom stereocenters. The molecule has 0 aliphatic carbocycles. The van der Waals surface area contributed by atoms with Gasteiger partial charge in [-0.15, -0.1) is 0 Å². The van der Waals surface area contributed by atoms with Crippen molar-refractivity contribution in [3.63, 3.8) is 0 Å². The zero-order chi connectivity index (χ0) is 15.7. The molecule has 0 atom stereocenters. The van der Waals surface area contributed by atoms with Crippen molar-refractivity contribution in [2.75, 3.05) is 0 Å². The number of pyridine rings is 1. The van der Waals surface area contributed by atoms with Gasteiger partial charge in [-0.3, -0.25) is 9.20 Å². The first-order valence-electron chi connectivity index (χ1n) is 6.60. The topological polar surface area (TPSA) is 43.6 Å². The molecule has 0 saturated carbocycles. The van der Waals surface area contributed by atoms with Crippen LogP contribution in [0.4, 0.5) is 0 Å². The summed E-state index contributed by atoms with van der Waals surface area (Å²) in [4.78, 5) is 16.6. The van der Waals surface area contributed by atoms with Crippen LogP contribution in [-0.2, 0) is 6.61 Å². The number of hydrogen-bond donors (Lipinski definition) is 0. The molecule has 0 saturated heterocycles. The van der Waals surface area contributed by atoms with Gasteiger partial charge >= 0.3 is 0 Å². The van der Waals surface area contributed by atoms with Crippen molar-refractivity contribution in [3.8, 4) is 5.75 Å². The first-order chi connectivity index (χ1) is 10.5. The van der Waals surface area contributed by atoms with Gasteiger partial charge in [0.15, 0.2) is 0 Å². The highest BCUT2D eigenvalue weighted by molar-refractivity contribution is 6.34. The lowest BCUT2D eigenvalue weighted by Crippen LogP contribution is -2.17. The predicted octanol–water partition coefficient (Wildman–Crippen LogP) is 3.89. The van der Waals surface area contributed by atoms with E-state index >= 15 is 0 Å². The molecule has 3 aromatic rings. The largest absolute Gasteiger partial charge is 0.486 e. The number of halogens is 2. The van der Waals surface area contributed by atoms with Crippen LogP contribution >= 0.6 is 23.2 Å². The van der Waals surface area contributed by atoms with Crippen LogP contribution in [0.25, 0.3) is 5.65 Å². The number of aromatic nitrogens is 2. The van der Waals surface area contributed by atoms with Gasteiger partial charge in [0.1, 0.15) is 18.0 Å². The summed E-state index contributed by atoms with van der Waals surface area (Å²) in [6.07, 6.45) is 1.69. The number of fused-ring (bicyclic) bond motifs is 1. The van der Waals surface area contributed by atoms with Crippen LogP contribution in [0.15, 0.2) is 47.4 Å². The lowest BCUT2D eigenvalue weighted by atomic mass is 10.3. The molecule has 0 N–H and O–H groups in total. The molecule has 2 aromatic heterocycles. The fourth-order valence-corrected chi connectivity index (χ4v) is 2.46. The van der Waals surface area contributed by atoms with Crippen molar-refractivity contribution < 1.29 is 4.74 Å². The molecule has 4 nitrogen and oxygen atoms in total. The Hall–Kier alpha value is -2.04. The third kappa shape index (κ3) is 2.93. The summed E-state index contributed by atoms with van der Waals surface area (Å²) in [7, 11) is 0. The normalized spacial score (nSPS) is 10.9. The van der Waals surface area contributed by atoms with Crippen molar-refractivity contribution in [3.05, 3.63) is 74.3 Å². The first kappa shape index (κ1) is 14.9. The van der Waals surface area contributed by atoms with Crippen molar-refractivity contribution in [1.29, 1.82) is 0 Å². The summed E-state index contributed by atoms with van der Waals surface area (Å²) < 4.78 is 7.13. The molecule has 0 fully saturated rings. The van der Waals surface area contributed by atoms with E-state index < -0.39 is 0 Å². The predicted molar refractivity (Wildman–Crippen MR) is 87.0 cm³/mol. The second kappa shape index (κ2) is 5.99. The van der Waals surface area contributed by atoms with Crippen LogP contribution in [0.3, 0.4) is 0 Å². The van der Waals surface area contributed by atoms with Gasteiger partial charge in [0.05, 0.1) is 10.7 Å². The Balaban J connectivity index is 1.93. The van der Waals surface area contributed by atoms with Crippen molar-refractivity contribution >= 4 is 28.8 Å². The van der Waals surface area contributed by atoms with E-state index in [4.69, 9.17) is 27.9 Å². The van der Waals surface area contributed by atoms with Gasteiger partial charge in [0, 0.05) is 23.4 Å². The van der Waals surface area contributed by atoms with Crippen LogP contribution in [0, 0.1) is 6.92 Å². The Bertz CT molecular complexity index is 906. The van der Waals surface area contributed by atoms with E-state index in [1.165, 1.54) is 10.5 Å².